The van der Waals surface area contributed by atoms with E-state index < -0.39 is 10.0 Å². The van der Waals surface area contributed by atoms with E-state index in [9.17, 15) is 13.2 Å². The molecule has 2 aromatic carbocycles. The smallest absolute Gasteiger partial charge is 0.257 e. The zero-order valence-corrected chi connectivity index (χ0v) is 19.3. The first-order valence-corrected chi connectivity index (χ1v) is 12.1. The lowest BCUT2D eigenvalue weighted by Gasteiger charge is -2.16. The third-order valence-corrected chi connectivity index (χ3v) is 7.17. The maximum Gasteiger partial charge on any atom is 0.257 e. The van der Waals surface area contributed by atoms with Crippen LogP contribution < -0.4 is 15.4 Å². The fourth-order valence-corrected chi connectivity index (χ4v) is 4.88. The number of nitrogens with zero attached hydrogens (tertiary/aromatic N) is 1. The van der Waals surface area contributed by atoms with Gasteiger partial charge in [0, 0.05) is 24.3 Å². The van der Waals surface area contributed by atoms with Gasteiger partial charge < -0.3 is 10.1 Å². The first-order chi connectivity index (χ1) is 14.8. The number of nitrogens with one attached hydrogen (secondary N) is 2. The van der Waals surface area contributed by atoms with Gasteiger partial charge in [-0.2, -0.15) is 4.31 Å². The van der Waals surface area contributed by atoms with Crippen molar-refractivity contribution in [3.63, 3.8) is 0 Å². The highest BCUT2D eigenvalue weighted by Crippen LogP contribution is 2.22. The fraction of sp³-hybridized carbons (Fsp3) is 0.364. The van der Waals surface area contributed by atoms with Gasteiger partial charge in [0.2, 0.25) is 10.0 Å². The topological polar surface area (TPSA) is 87.7 Å². The molecule has 0 saturated carbocycles. The first-order valence-electron chi connectivity index (χ1n) is 10.3. The number of ether oxygens (including phenoxy) is 1. The molecule has 2 N–H and O–H groups in total. The number of benzene rings is 2. The van der Waals surface area contributed by atoms with Crippen LogP contribution in [0.25, 0.3) is 0 Å². The zero-order valence-electron chi connectivity index (χ0n) is 17.6. The second-order valence-corrected chi connectivity index (χ2v) is 9.75. The van der Waals surface area contributed by atoms with Crippen LogP contribution in [-0.2, 0) is 10.0 Å². The van der Waals surface area contributed by atoms with Crippen LogP contribution in [0.2, 0.25) is 0 Å². The predicted octanol–water partition coefficient (Wildman–Crippen LogP) is 3.78. The van der Waals surface area contributed by atoms with E-state index in [-0.39, 0.29) is 22.0 Å². The largest absolute Gasteiger partial charge is 0.491 e. The number of carbonyl (C=O) groups excluding carboxylic acids is 1. The Kier molecular flexibility index (Phi) is 7.64. The van der Waals surface area contributed by atoms with Crippen LogP contribution in [0, 0.1) is 0 Å². The van der Waals surface area contributed by atoms with E-state index in [0.717, 1.165) is 19.3 Å². The van der Waals surface area contributed by atoms with Crippen molar-refractivity contribution in [2.75, 3.05) is 18.4 Å². The molecule has 31 heavy (non-hydrogen) atoms. The van der Waals surface area contributed by atoms with Crippen molar-refractivity contribution in [1.29, 1.82) is 0 Å². The number of thiocarbonyl (C=S) groups is 1. The molecule has 1 heterocycles. The molecule has 1 amide bonds. The standard InChI is InChI=1S/C22H27N3O4S2/c1-3-16(2)29-19-8-6-7-17(15-19)21(26)24-22(30)23-18-9-11-20(12-10-18)31(27,28)25-13-4-5-14-25/h6-12,15-16H,3-5,13-14H2,1-2H3,(H2,23,24,26,30). The Bertz CT molecular complexity index is 1030. The van der Waals surface area contributed by atoms with Crippen molar-refractivity contribution in [3.05, 3.63) is 54.1 Å². The number of anilines is 1. The molecule has 1 atom stereocenters. The summed E-state index contributed by atoms with van der Waals surface area (Å²) in [7, 11) is -3.46. The molecule has 0 bridgehead atoms. The Balaban J connectivity index is 1.59. The van der Waals surface area contributed by atoms with Crippen molar-refractivity contribution in [2.24, 2.45) is 0 Å². The van der Waals surface area contributed by atoms with Gasteiger partial charge in [-0.05, 0) is 80.9 Å². The van der Waals surface area contributed by atoms with E-state index in [1.807, 2.05) is 13.8 Å². The Morgan fingerprint density at radius 1 is 1.16 bits per heavy atom. The van der Waals surface area contributed by atoms with Crippen LogP contribution >= 0.6 is 12.2 Å². The summed E-state index contributed by atoms with van der Waals surface area (Å²) in [6.45, 7) is 5.11. The zero-order chi connectivity index (χ0) is 22.4. The van der Waals surface area contributed by atoms with Crippen molar-refractivity contribution in [3.8, 4) is 5.75 Å². The molecule has 9 heteroatoms. The monoisotopic (exact) mass is 461 g/mol. The van der Waals surface area contributed by atoms with Crippen molar-refractivity contribution >= 4 is 38.9 Å². The first kappa shape index (κ1) is 23.2. The lowest BCUT2D eigenvalue weighted by atomic mass is 10.2. The van der Waals surface area contributed by atoms with Crippen LogP contribution in [0.1, 0.15) is 43.5 Å². The van der Waals surface area contributed by atoms with Crippen LogP contribution in [0.15, 0.2) is 53.4 Å². The molecule has 1 saturated heterocycles. The van der Waals surface area contributed by atoms with Crippen LogP contribution in [0.3, 0.4) is 0 Å². The SMILES string of the molecule is CCC(C)Oc1cccc(C(=O)NC(=S)Nc2ccc(S(=O)(=O)N3CCCC3)cc2)c1. The Morgan fingerprint density at radius 3 is 2.48 bits per heavy atom. The quantitative estimate of drug-likeness (QED) is 0.610. The molecule has 166 valence electrons. The minimum Gasteiger partial charge on any atom is -0.491 e. The number of amides is 1. The van der Waals surface area contributed by atoms with Crippen LogP contribution in [0.5, 0.6) is 5.75 Å². The summed E-state index contributed by atoms with van der Waals surface area (Å²) in [5.74, 6) is 0.260. The van der Waals surface area contributed by atoms with Gasteiger partial charge in [0.1, 0.15) is 5.75 Å². The molecule has 1 aliphatic heterocycles. The lowest BCUT2D eigenvalue weighted by Crippen LogP contribution is -2.34. The minimum absolute atomic E-state index is 0.0540. The van der Waals surface area contributed by atoms with Gasteiger partial charge in [-0.1, -0.05) is 13.0 Å². The van der Waals surface area contributed by atoms with E-state index in [1.54, 1.807) is 36.4 Å². The van der Waals surface area contributed by atoms with Crippen molar-refractivity contribution in [1.82, 2.24) is 9.62 Å². The minimum atomic E-state index is -3.46. The summed E-state index contributed by atoms with van der Waals surface area (Å²) >= 11 is 5.23. The highest BCUT2D eigenvalue weighted by molar-refractivity contribution is 7.89. The normalized spacial score (nSPS) is 15.3. The van der Waals surface area contributed by atoms with Gasteiger partial charge in [-0.25, -0.2) is 8.42 Å². The van der Waals surface area contributed by atoms with Gasteiger partial charge in [-0.15, -0.1) is 0 Å². The Morgan fingerprint density at radius 2 is 1.84 bits per heavy atom. The van der Waals surface area contributed by atoms with Gasteiger partial charge >= 0.3 is 0 Å². The summed E-state index contributed by atoms with van der Waals surface area (Å²) in [4.78, 5) is 12.7. The summed E-state index contributed by atoms with van der Waals surface area (Å²) in [5, 5.41) is 5.65. The number of hydrogen-bond donors (Lipinski definition) is 2. The lowest BCUT2D eigenvalue weighted by molar-refractivity contribution is 0.0977. The summed E-state index contributed by atoms with van der Waals surface area (Å²) in [6, 6.07) is 13.2. The number of rotatable bonds is 7. The summed E-state index contributed by atoms with van der Waals surface area (Å²) in [5.41, 5.74) is 1.01. The molecule has 3 rings (SSSR count). The number of carbonyl (C=O) groups is 1. The highest BCUT2D eigenvalue weighted by Gasteiger charge is 2.26. The third kappa shape index (κ3) is 6.03. The predicted molar refractivity (Wildman–Crippen MR) is 125 cm³/mol. The average molecular weight is 462 g/mol. The van der Waals surface area contributed by atoms with Gasteiger partial charge in [0.05, 0.1) is 11.0 Å². The van der Waals surface area contributed by atoms with Crippen molar-refractivity contribution < 1.29 is 17.9 Å². The van der Waals surface area contributed by atoms with E-state index >= 15 is 0 Å². The van der Waals surface area contributed by atoms with Gasteiger partial charge in [-0.3, -0.25) is 10.1 Å². The van der Waals surface area contributed by atoms with Crippen molar-refractivity contribution in [2.45, 2.75) is 44.1 Å². The third-order valence-electron chi connectivity index (χ3n) is 5.05. The van der Waals surface area contributed by atoms with Gasteiger partial charge in [0.15, 0.2) is 5.11 Å². The molecule has 1 unspecified atom stereocenters. The molecule has 1 fully saturated rings. The number of hydrogen-bond acceptors (Lipinski definition) is 5. The number of sulfonamides is 1. The highest BCUT2D eigenvalue weighted by atomic mass is 32.2. The Hall–Kier alpha value is -2.49. The molecule has 2 aromatic rings. The van der Waals surface area contributed by atoms with E-state index in [1.165, 1.54) is 16.4 Å². The maximum atomic E-state index is 12.6. The Labute approximate surface area is 188 Å². The second-order valence-electron chi connectivity index (χ2n) is 7.41. The molecule has 0 spiro atoms. The summed E-state index contributed by atoms with van der Waals surface area (Å²) in [6.07, 6.45) is 2.69. The van der Waals surface area contributed by atoms with E-state index in [0.29, 0.717) is 30.1 Å². The second kappa shape index (κ2) is 10.2. The van der Waals surface area contributed by atoms with Crippen LogP contribution in [0.4, 0.5) is 5.69 Å². The molecule has 7 nitrogen and oxygen atoms in total. The summed E-state index contributed by atoms with van der Waals surface area (Å²) < 4.78 is 32.4. The molecular formula is C22H27N3O4S2. The van der Waals surface area contributed by atoms with Gasteiger partial charge in [0.25, 0.3) is 5.91 Å². The molecular weight excluding hydrogens is 434 g/mol. The molecule has 0 aliphatic carbocycles. The molecule has 1 aliphatic rings. The fourth-order valence-electron chi connectivity index (χ4n) is 3.15. The van der Waals surface area contributed by atoms with E-state index in [4.69, 9.17) is 17.0 Å². The van der Waals surface area contributed by atoms with E-state index in [2.05, 4.69) is 10.6 Å². The van der Waals surface area contributed by atoms with Crippen LogP contribution in [-0.4, -0.2) is 42.9 Å². The molecule has 0 aromatic heterocycles. The average Bonchev–Trinajstić information content (AvgIpc) is 3.30. The molecule has 0 radical (unpaired) electrons. The maximum absolute atomic E-state index is 12.6.